The topological polar surface area (TPSA) is 77.6 Å². The molecule has 3 aromatic rings. The fraction of sp³-hybridized carbons (Fsp3) is 0.412. The summed E-state index contributed by atoms with van der Waals surface area (Å²) in [6.07, 6.45) is -4.53. The Balaban J connectivity index is 1.93. The van der Waals surface area contributed by atoms with Crippen molar-refractivity contribution in [2.24, 2.45) is 0 Å². The molecule has 0 aliphatic rings. The Labute approximate surface area is 153 Å². The van der Waals surface area contributed by atoms with Gasteiger partial charge in [0.25, 0.3) is 0 Å². The van der Waals surface area contributed by atoms with E-state index in [1.54, 1.807) is 10.7 Å². The molecule has 27 heavy (non-hydrogen) atoms. The maximum Gasteiger partial charge on any atom is 0.417 e. The molecule has 0 unspecified atom stereocenters. The SMILES string of the molecule is CCn1nc(NC(=O)Cn2nc(C)c3c(C(F)(F)F)cc(C)nc32)cc1C. The molecular formula is C17H19F3N6O. The first-order valence-corrected chi connectivity index (χ1v) is 8.36. The Kier molecular flexibility index (Phi) is 4.66. The number of hydrogen-bond donors (Lipinski definition) is 1. The highest BCUT2D eigenvalue weighted by atomic mass is 19.4. The van der Waals surface area contributed by atoms with Gasteiger partial charge in [0, 0.05) is 24.0 Å². The Morgan fingerprint density at radius 3 is 2.44 bits per heavy atom. The monoisotopic (exact) mass is 380 g/mol. The number of hydrogen-bond acceptors (Lipinski definition) is 4. The van der Waals surface area contributed by atoms with Crippen molar-refractivity contribution < 1.29 is 18.0 Å². The highest BCUT2D eigenvalue weighted by Crippen LogP contribution is 2.36. The zero-order valence-electron chi connectivity index (χ0n) is 15.3. The van der Waals surface area contributed by atoms with Crippen LogP contribution in [0.2, 0.25) is 0 Å². The lowest BCUT2D eigenvalue weighted by Crippen LogP contribution is -2.20. The second kappa shape index (κ2) is 6.67. The summed E-state index contributed by atoms with van der Waals surface area (Å²) in [6.45, 7) is 7.12. The van der Waals surface area contributed by atoms with Crippen LogP contribution in [-0.2, 0) is 24.1 Å². The summed E-state index contributed by atoms with van der Waals surface area (Å²) in [7, 11) is 0. The summed E-state index contributed by atoms with van der Waals surface area (Å²) < 4.78 is 43.0. The number of alkyl halides is 3. The molecule has 144 valence electrons. The van der Waals surface area contributed by atoms with Crippen LogP contribution in [0.4, 0.5) is 19.0 Å². The van der Waals surface area contributed by atoms with Crippen molar-refractivity contribution in [1.82, 2.24) is 24.5 Å². The quantitative estimate of drug-likeness (QED) is 0.754. The average molecular weight is 380 g/mol. The van der Waals surface area contributed by atoms with Crippen LogP contribution in [0.5, 0.6) is 0 Å². The van der Waals surface area contributed by atoms with Gasteiger partial charge in [-0.1, -0.05) is 0 Å². The summed E-state index contributed by atoms with van der Waals surface area (Å²) >= 11 is 0. The predicted molar refractivity (Wildman–Crippen MR) is 93.3 cm³/mol. The first-order valence-electron chi connectivity index (χ1n) is 8.36. The molecule has 7 nitrogen and oxygen atoms in total. The molecule has 0 atom stereocenters. The minimum atomic E-state index is -4.53. The van der Waals surface area contributed by atoms with Crippen LogP contribution < -0.4 is 5.32 Å². The number of nitrogens with one attached hydrogen (secondary N) is 1. The Hall–Kier alpha value is -2.91. The van der Waals surface area contributed by atoms with Gasteiger partial charge in [0.2, 0.25) is 5.91 Å². The van der Waals surface area contributed by atoms with Crippen molar-refractivity contribution in [3.8, 4) is 0 Å². The van der Waals surface area contributed by atoms with Gasteiger partial charge in [-0.25, -0.2) is 9.67 Å². The van der Waals surface area contributed by atoms with E-state index >= 15 is 0 Å². The van der Waals surface area contributed by atoms with Crippen molar-refractivity contribution in [3.05, 3.63) is 34.8 Å². The maximum atomic E-state index is 13.4. The van der Waals surface area contributed by atoms with Crippen molar-refractivity contribution in [3.63, 3.8) is 0 Å². The van der Waals surface area contributed by atoms with E-state index in [1.807, 2.05) is 13.8 Å². The molecule has 3 aromatic heterocycles. The molecule has 0 saturated carbocycles. The molecule has 3 rings (SSSR count). The van der Waals surface area contributed by atoms with E-state index in [0.29, 0.717) is 12.4 Å². The third kappa shape index (κ3) is 3.64. The summed E-state index contributed by atoms with van der Waals surface area (Å²) in [4.78, 5) is 16.5. The van der Waals surface area contributed by atoms with Crippen LogP contribution in [0.3, 0.4) is 0 Å². The largest absolute Gasteiger partial charge is 0.417 e. The van der Waals surface area contributed by atoms with E-state index < -0.39 is 17.6 Å². The van der Waals surface area contributed by atoms with E-state index in [4.69, 9.17) is 0 Å². The number of fused-ring (bicyclic) bond motifs is 1. The van der Waals surface area contributed by atoms with Gasteiger partial charge in [0.1, 0.15) is 6.54 Å². The number of rotatable bonds is 4. The molecule has 0 aliphatic carbocycles. The van der Waals surface area contributed by atoms with Crippen molar-refractivity contribution in [1.29, 1.82) is 0 Å². The van der Waals surface area contributed by atoms with Gasteiger partial charge >= 0.3 is 6.18 Å². The molecule has 0 aromatic carbocycles. The van der Waals surface area contributed by atoms with E-state index in [9.17, 15) is 18.0 Å². The van der Waals surface area contributed by atoms with Gasteiger partial charge in [-0.2, -0.15) is 23.4 Å². The number of aromatic nitrogens is 5. The average Bonchev–Trinajstić information content (AvgIpc) is 3.05. The van der Waals surface area contributed by atoms with Crippen LogP contribution in [-0.4, -0.2) is 30.5 Å². The van der Waals surface area contributed by atoms with Crippen LogP contribution in [0, 0.1) is 20.8 Å². The first-order chi connectivity index (χ1) is 12.6. The Bertz CT molecular complexity index is 1020. The van der Waals surface area contributed by atoms with Crippen LogP contribution in [0.25, 0.3) is 11.0 Å². The van der Waals surface area contributed by atoms with Gasteiger partial charge in [-0.3, -0.25) is 9.48 Å². The standard InChI is InChI=1S/C17H19F3N6O/c1-5-25-10(3)7-13(24-25)22-14(27)8-26-16-15(11(4)23-26)12(17(18,19)20)6-9(2)21-16/h6-7H,5,8H2,1-4H3,(H,22,24,27). The van der Waals surface area contributed by atoms with Crippen LogP contribution in [0.15, 0.2) is 12.1 Å². The third-order valence-electron chi connectivity index (χ3n) is 4.15. The molecule has 0 radical (unpaired) electrons. The number of carbonyl (C=O) groups is 1. The molecule has 0 saturated heterocycles. The highest BCUT2D eigenvalue weighted by Gasteiger charge is 2.35. The normalized spacial score (nSPS) is 12.0. The Morgan fingerprint density at radius 1 is 1.15 bits per heavy atom. The summed E-state index contributed by atoms with van der Waals surface area (Å²) in [5.41, 5.74) is 0.495. The number of nitrogens with zero attached hydrogens (tertiary/aromatic N) is 5. The van der Waals surface area contributed by atoms with E-state index in [2.05, 4.69) is 20.5 Å². The lowest BCUT2D eigenvalue weighted by molar-refractivity contribution is -0.136. The van der Waals surface area contributed by atoms with Gasteiger partial charge in [0.15, 0.2) is 11.5 Å². The van der Waals surface area contributed by atoms with Gasteiger partial charge < -0.3 is 5.32 Å². The van der Waals surface area contributed by atoms with Gasteiger partial charge in [-0.15, -0.1) is 0 Å². The molecule has 0 fully saturated rings. The number of amides is 1. The van der Waals surface area contributed by atoms with Crippen molar-refractivity contribution >= 4 is 22.8 Å². The van der Waals surface area contributed by atoms with Crippen molar-refractivity contribution in [2.45, 2.75) is 47.0 Å². The number of carbonyl (C=O) groups excluding carboxylic acids is 1. The Morgan fingerprint density at radius 2 is 1.85 bits per heavy atom. The fourth-order valence-electron chi connectivity index (χ4n) is 3.02. The molecular weight excluding hydrogens is 361 g/mol. The number of anilines is 1. The number of pyridine rings is 1. The van der Waals surface area contributed by atoms with E-state index in [1.165, 1.54) is 18.5 Å². The van der Waals surface area contributed by atoms with E-state index in [0.717, 1.165) is 11.8 Å². The first kappa shape index (κ1) is 18.9. The maximum absolute atomic E-state index is 13.4. The zero-order valence-corrected chi connectivity index (χ0v) is 15.3. The molecule has 10 heteroatoms. The molecule has 0 bridgehead atoms. The van der Waals surface area contributed by atoms with Crippen molar-refractivity contribution in [2.75, 3.05) is 5.32 Å². The molecule has 1 N–H and O–H groups in total. The predicted octanol–water partition coefficient (Wildman–Crippen LogP) is 3.23. The number of aryl methyl sites for hydroxylation is 4. The highest BCUT2D eigenvalue weighted by molar-refractivity contribution is 5.91. The lowest BCUT2D eigenvalue weighted by atomic mass is 10.1. The molecule has 0 aliphatic heterocycles. The zero-order chi connectivity index (χ0) is 19.9. The third-order valence-corrected chi connectivity index (χ3v) is 4.15. The van der Waals surface area contributed by atoms with Crippen LogP contribution in [0.1, 0.15) is 29.6 Å². The van der Waals surface area contributed by atoms with E-state index in [-0.39, 0.29) is 29.0 Å². The summed E-state index contributed by atoms with van der Waals surface area (Å²) in [6, 6.07) is 2.71. The van der Waals surface area contributed by atoms with Gasteiger partial charge in [0.05, 0.1) is 16.6 Å². The minimum Gasteiger partial charge on any atom is -0.308 e. The second-order valence-corrected chi connectivity index (χ2v) is 6.29. The van der Waals surface area contributed by atoms with Gasteiger partial charge in [-0.05, 0) is 33.8 Å². The second-order valence-electron chi connectivity index (χ2n) is 6.29. The summed E-state index contributed by atoms with van der Waals surface area (Å²) in [5, 5.41) is 10.9. The van der Waals surface area contributed by atoms with Crippen LogP contribution >= 0.6 is 0 Å². The minimum absolute atomic E-state index is 0.0326. The molecule has 1 amide bonds. The molecule has 3 heterocycles. The lowest BCUT2D eigenvalue weighted by Gasteiger charge is -2.10. The number of halogens is 3. The smallest absolute Gasteiger partial charge is 0.308 e. The summed E-state index contributed by atoms with van der Waals surface area (Å²) in [5.74, 6) is -0.0651. The fourth-order valence-corrected chi connectivity index (χ4v) is 3.02. The molecule has 0 spiro atoms.